The minimum Gasteiger partial charge on any atom is -0.326 e. The highest BCUT2D eigenvalue weighted by Gasteiger charge is 2.37. The predicted molar refractivity (Wildman–Crippen MR) is 93.7 cm³/mol. The molecule has 3 aromatic rings. The molecule has 30 heavy (non-hydrogen) atoms. The van der Waals surface area contributed by atoms with Gasteiger partial charge in [0.25, 0.3) is 11.6 Å². The number of aromatic nitrogens is 4. The predicted octanol–water partition coefficient (Wildman–Crippen LogP) is 4.35. The van der Waals surface area contributed by atoms with Crippen LogP contribution in [0.4, 0.5) is 32.0 Å². The summed E-state index contributed by atoms with van der Waals surface area (Å²) >= 11 is 0. The first kappa shape index (κ1) is 21.5. The Labute approximate surface area is 165 Å². The van der Waals surface area contributed by atoms with Gasteiger partial charge in [-0.15, -0.1) is 5.10 Å². The molecule has 2 heterocycles. The van der Waals surface area contributed by atoms with Crippen molar-refractivity contribution in [1.29, 1.82) is 0 Å². The van der Waals surface area contributed by atoms with Crippen molar-refractivity contribution in [3.63, 3.8) is 0 Å². The average Bonchev–Trinajstić information content (AvgIpc) is 3.05. The van der Waals surface area contributed by atoms with E-state index in [1.807, 2.05) is 0 Å². The van der Waals surface area contributed by atoms with Crippen LogP contribution in [0.25, 0.3) is 5.78 Å². The molecule has 160 valence electrons. The number of fused-ring (bicyclic) bond motifs is 1. The Kier molecular flexibility index (Phi) is 5.44. The molecule has 0 radical (unpaired) electrons. The van der Waals surface area contributed by atoms with Crippen LogP contribution in [0.2, 0.25) is 0 Å². The van der Waals surface area contributed by atoms with Crippen LogP contribution in [-0.4, -0.2) is 25.5 Å². The van der Waals surface area contributed by atoms with Gasteiger partial charge in [-0.25, -0.2) is 9.50 Å². The molecule has 0 aliphatic rings. The summed E-state index contributed by atoms with van der Waals surface area (Å²) in [6.07, 6.45) is -9.28. The van der Waals surface area contributed by atoms with Gasteiger partial charge in [-0.2, -0.15) is 31.3 Å². The molecule has 3 rings (SSSR count). The molecule has 0 atom stereocenters. The minimum atomic E-state index is -4.72. The van der Waals surface area contributed by atoms with Crippen molar-refractivity contribution in [2.45, 2.75) is 39.0 Å². The van der Waals surface area contributed by atoms with E-state index in [9.17, 15) is 31.1 Å². The summed E-state index contributed by atoms with van der Waals surface area (Å²) in [7, 11) is 0. The second-order valence-corrected chi connectivity index (χ2v) is 6.53. The number of hydrogen-bond acceptors (Lipinski definition) is 4. The smallest absolute Gasteiger partial charge is 0.326 e. The van der Waals surface area contributed by atoms with E-state index in [-0.39, 0.29) is 24.3 Å². The number of alkyl halides is 6. The van der Waals surface area contributed by atoms with Gasteiger partial charge < -0.3 is 5.32 Å². The van der Waals surface area contributed by atoms with E-state index >= 15 is 0 Å². The Morgan fingerprint density at radius 1 is 1.07 bits per heavy atom. The molecule has 0 unspecified atom stereocenters. The van der Waals surface area contributed by atoms with Crippen molar-refractivity contribution < 1.29 is 31.1 Å². The van der Waals surface area contributed by atoms with Gasteiger partial charge >= 0.3 is 12.4 Å². The maximum Gasteiger partial charge on any atom is 0.453 e. The van der Waals surface area contributed by atoms with Crippen LogP contribution in [0.3, 0.4) is 0 Å². The average molecular weight is 431 g/mol. The minimum absolute atomic E-state index is 0.0112. The highest BCUT2D eigenvalue weighted by Crippen LogP contribution is 2.31. The monoisotopic (exact) mass is 431 g/mol. The summed E-state index contributed by atoms with van der Waals surface area (Å²) in [5, 5.41) is 5.81. The summed E-state index contributed by atoms with van der Waals surface area (Å²) < 4.78 is 77.7. The molecule has 1 amide bonds. The highest BCUT2D eigenvalue weighted by molar-refractivity contribution is 5.90. The fourth-order valence-corrected chi connectivity index (χ4v) is 2.93. The maximum absolute atomic E-state index is 12.8. The number of nitrogens with zero attached hydrogens (tertiary/aromatic N) is 4. The van der Waals surface area contributed by atoms with Crippen molar-refractivity contribution in [2.24, 2.45) is 0 Å². The van der Waals surface area contributed by atoms with Crippen molar-refractivity contribution in [2.75, 3.05) is 5.32 Å². The van der Waals surface area contributed by atoms with E-state index in [0.29, 0.717) is 17.0 Å². The number of aryl methyl sites for hydroxylation is 2. The third kappa shape index (κ3) is 4.52. The van der Waals surface area contributed by atoms with E-state index in [4.69, 9.17) is 0 Å². The summed E-state index contributed by atoms with van der Waals surface area (Å²) in [4.78, 5) is 19.5. The van der Waals surface area contributed by atoms with E-state index < -0.39 is 29.6 Å². The van der Waals surface area contributed by atoms with E-state index in [2.05, 4.69) is 20.4 Å². The van der Waals surface area contributed by atoms with Gasteiger partial charge in [0.05, 0.1) is 5.56 Å². The van der Waals surface area contributed by atoms with Crippen molar-refractivity contribution in [3.05, 3.63) is 52.6 Å². The second-order valence-electron chi connectivity index (χ2n) is 6.53. The zero-order valence-electron chi connectivity index (χ0n) is 15.7. The lowest BCUT2D eigenvalue weighted by Crippen LogP contribution is -2.15. The topological polar surface area (TPSA) is 72.2 Å². The molecule has 0 aliphatic heterocycles. The zero-order chi connectivity index (χ0) is 22.3. The Hall–Kier alpha value is -3.18. The number of nitrogens with one attached hydrogen (secondary N) is 1. The molecule has 0 aliphatic carbocycles. The van der Waals surface area contributed by atoms with Gasteiger partial charge in [0.1, 0.15) is 0 Å². The summed E-state index contributed by atoms with van der Waals surface area (Å²) in [6, 6.07) is 4.20. The highest BCUT2D eigenvalue weighted by atomic mass is 19.4. The first-order valence-corrected chi connectivity index (χ1v) is 8.63. The molecule has 12 heteroatoms. The quantitative estimate of drug-likeness (QED) is 0.624. The van der Waals surface area contributed by atoms with E-state index in [1.54, 1.807) is 6.92 Å². The van der Waals surface area contributed by atoms with Gasteiger partial charge in [-0.3, -0.25) is 4.79 Å². The lowest BCUT2D eigenvalue weighted by atomic mass is 10.1. The number of anilines is 1. The van der Waals surface area contributed by atoms with Crippen LogP contribution in [0.5, 0.6) is 0 Å². The van der Waals surface area contributed by atoms with Gasteiger partial charge in [0.15, 0.2) is 0 Å². The van der Waals surface area contributed by atoms with Gasteiger partial charge in [0.2, 0.25) is 5.91 Å². The first-order chi connectivity index (χ1) is 13.9. The zero-order valence-corrected chi connectivity index (χ0v) is 15.7. The number of benzene rings is 1. The molecule has 2 aromatic heterocycles. The molecule has 1 N–H and O–H groups in total. The van der Waals surface area contributed by atoms with Gasteiger partial charge in [-0.05, 0) is 44.0 Å². The van der Waals surface area contributed by atoms with Crippen LogP contribution in [-0.2, 0) is 23.6 Å². The third-order valence-corrected chi connectivity index (χ3v) is 4.38. The van der Waals surface area contributed by atoms with E-state index in [0.717, 1.165) is 16.6 Å². The molecule has 0 bridgehead atoms. The van der Waals surface area contributed by atoms with Crippen molar-refractivity contribution in [3.8, 4) is 0 Å². The molecule has 0 spiro atoms. The normalized spacial score (nSPS) is 12.4. The number of hydrogen-bond donors (Lipinski definition) is 1. The number of amides is 1. The van der Waals surface area contributed by atoms with E-state index in [1.165, 1.54) is 19.1 Å². The number of rotatable bonds is 4. The number of carbonyl (C=O) groups excluding carboxylic acids is 1. The molecule has 0 saturated heterocycles. The molecular formula is C18H15F6N5O. The Bertz CT molecular complexity index is 1100. The molecule has 0 saturated carbocycles. The van der Waals surface area contributed by atoms with Crippen LogP contribution in [0.1, 0.15) is 34.8 Å². The summed E-state index contributed by atoms with van der Waals surface area (Å²) in [5.41, 5.74) is 0.317. The molecule has 0 fully saturated rings. The van der Waals surface area contributed by atoms with Gasteiger partial charge in [-0.1, -0.05) is 6.07 Å². The number of halogens is 6. The lowest BCUT2D eigenvalue weighted by Gasteiger charge is -2.12. The van der Waals surface area contributed by atoms with Crippen LogP contribution in [0.15, 0.2) is 24.3 Å². The number of carbonyl (C=O) groups is 1. The fourth-order valence-electron chi connectivity index (χ4n) is 2.93. The largest absolute Gasteiger partial charge is 0.453 e. The standard InChI is InChI=1S/C18H15F6N5O/c1-9-13(10(2)29-16(25-9)27-15(28-29)18(22,23)24)6-7-14(30)26-12-5-3-4-11(8-12)17(19,20)21/h3-5,8H,6-7H2,1-2H3,(H,26,30). The van der Waals surface area contributed by atoms with Gasteiger partial charge in [0, 0.05) is 23.5 Å². The maximum atomic E-state index is 12.8. The Balaban J connectivity index is 1.76. The molecule has 1 aromatic carbocycles. The van der Waals surface area contributed by atoms with Crippen LogP contribution >= 0.6 is 0 Å². The third-order valence-electron chi connectivity index (χ3n) is 4.38. The first-order valence-electron chi connectivity index (χ1n) is 8.63. The Morgan fingerprint density at radius 2 is 1.77 bits per heavy atom. The lowest BCUT2D eigenvalue weighted by molar-refractivity contribution is -0.144. The summed E-state index contributed by atoms with van der Waals surface area (Å²) in [5.74, 6) is -2.09. The summed E-state index contributed by atoms with van der Waals surface area (Å²) in [6.45, 7) is 3.09. The van der Waals surface area contributed by atoms with Crippen molar-refractivity contribution >= 4 is 17.4 Å². The van der Waals surface area contributed by atoms with Crippen molar-refractivity contribution in [1.82, 2.24) is 19.6 Å². The van der Waals surface area contributed by atoms with Crippen LogP contribution in [0, 0.1) is 13.8 Å². The SMILES string of the molecule is Cc1nc2nc(C(F)(F)F)nn2c(C)c1CCC(=O)Nc1cccc(C(F)(F)F)c1. The Morgan fingerprint density at radius 3 is 2.40 bits per heavy atom. The molecule has 6 nitrogen and oxygen atoms in total. The second kappa shape index (κ2) is 7.58. The van der Waals surface area contributed by atoms with Crippen LogP contribution < -0.4 is 5.32 Å². The molecular weight excluding hydrogens is 416 g/mol. The fraction of sp³-hybridized carbons (Fsp3) is 0.333.